The number of aliphatic hydroxyl groups excluding tert-OH is 4. The van der Waals surface area contributed by atoms with Crippen molar-refractivity contribution in [2.24, 2.45) is 0 Å². The highest BCUT2D eigenvalue weighted by molar-refractivity contribution is 6.32. The second kappa shape index (κ2) is 14.0. The summed E-state index contributed by atoms with van der Waals surface area (Å²) >= 11 is 5.98. The van der Waals surface area contributed by atoms with E-state index in [2.05, 4.69) is 5.32 Å². The van der Waals surface area contributed by atoms with Crippen LogP contribution < -0.4 is 14.8 Å². The van der Waals surface area contributed by atoms with Crippen LogP contribution in [0.1, 0.15) is 25.8 Å². The van der Waals surface area contributed by atoms with Gasteiger partial charge in [0.05, 0.1) is 17.2 Å². The lowest BCUT2D eigenvalue weighted by Crippen LogP contribution is -2.67. The van der Waals surface area contributed by atoms with E-state index in [-0.39, 0.29) is 41.9 Å². The van der Waals surface area contributed by atoms with Crippen LogP contribution in [0.5, 0.6) is 17.2 Å². The van der Waals surface area contributed by atoms with Gasteiger partial charge in [-0.1, -0.05) is 17.7 Å². The lowest BCUT2D eigenvalue weighted by Gasteiger charge is -2.41. The molecule has 1 saturated carbocycles. The van der Waals surface area contributed by atoms with E-state index in [9.17, 15) is 34.7 Å². The lowest BCUT2D eigenvalue weighted by atomic mass is 9.83. The van der Waals surface area contributed by atoms with Gasteiger partial charge >= 0.3 is 0 Å². The molecule has 2 aliphatic heterocycles. The normalized spacial score (nSPS) is 31.9. The Balaban J connectivity index is 1.15. The van der Waals surface area contributed by atoms with Gasteiger partial charge < -0.3 is 54.5 Å². The first-order valence-corrected chi connectivity index (χ1v) is 14.6. The number of ether oxygens (including phenoxy) is 5. The molecular weight excluding hydrogens is 617 g/mol. The molecule has 0 bridgehead atoms. The average molecular weight is 652 g/mol. The summed E-state index contributed by atoms with van der Waals surface area (Å²) in [5.74, 6) is -0.914. The van der Waals surface area contributed by atoms with Gasteiger partial charge in [-0.05, 0) is 67.5 Å². The van der Waals surface area contributed by atoms with E-state index < -0.39 is 66.8 Å². The molecule has 0 radical (unpaired) electrons. The molecule has 2 aromatic rings. The summed E-state index contributed by atoms with van der Waals surface area (Å²) < 4.78 is 41.0. The van der Waals surface area contributed by atoms with Crippen molar-refractivity contribution < 1.29 is 58.4 Å². The molecule has 244 valence electrons. The van der Waals surface area contributed by atoms with Gasteiger partial charge in [0, 0.05) is 12.0 Å². The average Bonchev–Trinajstić information content (AvgIpc) is 3.63. The third-order valence-corrected chi connectivity index (χ3v) is 8.25. The van der Waals surface area contributed by atoms with E-state index in [1.165, 1.54) is 37.3 Å². The summed E-state index contributed by atoms with van der Waals surface area (Å²) in [6.45, 7) is 3.23. The fourth-order valence-electron chi connectivity index (χ4n) is 5.49. The van der Waals surface area contributed by atoms with E-state index in [0.717, 1.165) is 6.07 Å². The molecule has 1 amide bonds. The third-order valence-electron chi connectivity index (χ3n) is 7.95. The first-order chi connectivity index (χ1) is 21.4. The number of aromatic hydroxyl groups is 1. The molecule has 0 aromatic heterocycles. The van der Waals surface area contributed by atoms with Crippen LogP contribution in [-0.4, -0.2) is 99.9 Å². The maximum atomic E-state index is 13.2. The Bertz CT molecular complexity index is 1450. The van der Waals surface area contributed by atoms with Gasteiger partial charge in [0.2, 0.25) is 12.2 Å². The number of hydrogen-bond donors (Lipinski definition) is 6. The Hall–Kier alpha value is -3.27. The maximum Gasteiger partial charge on any atom is 0.247 e. The lowest BCUT2D eigenvalue weighted by molar-refractivity contribution is -0.155. The van der Waals surface area contributed by atoms with Gasteiger partial charge in [0.1, 0.15) is 61.6 Å². The monoisotopic (exact) mass is 651 g/mol. The van der Waals surface area contributed by atoms with Crippen molar-refractivity contribution in [1.29, 1.82) is 0 Å². The maximum absolute atomic E-state index is 13.2. The van der Waals surface area contributed by atoms with Gasteiger partial charge in [-0.3, -0.25) is 4.79 Å². The Labute approximate surface area is 263 Å². The molecule has 5 rings (SSSR count). The Kier molecular flexibility index (Phi) is 10.3. The van der Waals surface area contributed by atoms with Crippen LogP contribution in [0.4, 0.5) is 4.39 Å². The van der Waals surface area contributed by atoms with Crippen molar-refractivity contribution in [2.45, 2.75) is 75.3 Å². The van der Waals surface area contributed by atoms with Crippen molar-refractivity contribution in [2.75, 3.05) is 13.4 Å². The van der Waals surface area contributed by atoms with E-state index in [1.54, 1.807) is 19.1 Å². The molecule has 9 atom stereocenters. The van der Waals surface area contributed by atoms with E-state index in [0.29, 0.717) is 16.9 Å². The zero-order valence-electron chi connectivity index (χ0n) is 24.4. The predicted molar refractivity (Wildman–Crippen MR) is 157 cm³/mol. The highest BCUT2D eigenvalue weighted by Crippen LogP contribution is 2.34. The smallest absolute Gasteiger partial charge is 0.247 e. The number of nitrogens with one attached hydrogen (secondary N) is 1. The Morgan fingerprint density at radius 1 is 1.04 bits per heavy atom. The number of phenolic OH excluding ortho intramolecular Hbond substituents is 1. The van der Waals surface area contributed by atoms with Gasteiger partial charge in [-0.2, -0.15) is 0 Å². The van der Waals surface area contributed by atoms with Gasteiger partial charge in [-0.25, -0.2) is 4.39 Å². The second-order valence-electron chi connectivity index (χ2n) is 11.1. The quantitative estimate of drug-likeness (QED) is 0.172. The number of amides is 1. The summed E-state index contributed by atoms with van der Waals surface area (Å²) in [4.78, 5) is 12.9. The fraction of sp³-hybridized carbons (Fsp3) is 0.452. The number of fused-ring (bicyclic) bond motifs is 1. The molecule has 14 heteroatoms. The number of halogens is 2. The fourth-order valence-corrected chi connectivity index (χ4v) is 5.71. The summed E-state index contributed by atoms with van der Waals surface area (Å²) in [5, 5.41) is 55.2. The highest BCUT2D eigenvalue weighted by atomic mass is 35.5. The standard InChI is InChI=1S/C31H35ClFNO11/c1-14(7-8-41-21-6-4-17(33)11-18(21)32)28-20(36)12-23(45-28)44-22-5-3-16(10-19(22)35)9-15(2)31(40)34-24-25(37)27(39)30-29(26(24)38)42-13-43-30/h3-7,9-11,20,23-30,35-39H,8,12-13H2,1-2H3,(H,34,40)/b14-7+,15-9+/t20-,23+,24+,25-,26+,27+,28+,29-,30+/m0/s1. The van der Waals surface area contributed by atoms with Crippen molar-refractivity contribution in [3.05, 3.63) is 70.0 Å². The van der Waals surface area contributed by atoms with E-state index in [4.69, 9.17) is 35.3 Å². The predicted octanol–water partition coefficient (Wildman–Crippen LogP) is 1.79. The van der Waals surface area contributed by atoms with E-state index >= 15 is 0 Å². The van der Waals surface area contributed by atoms with Crippen LogP contribution in [0.15, 0.2) is 53.6 Å². The van der Waals surface area contributed by atoms with Gasteiger partial charge in [-0.15, -0.1) is 0 Å². The number of benzene rings is 2. The topological polar surface area (TPSA) is 176 Å². The van der Waals surface area contributed by atoms with Gasteiger partial charge in [0.25, 0.3) is 0 Å². The molecule has 12 nitrogen and oxygen atoms in total. The minimum absolute atomic E-state index is 0.0961. The molecular formula is C31H35ClFNO11. The Morgan fingerprint density at radius 2 is 1.76 bits per heavy atom. The molecule has 2 aromatic carbocycles. The van der Waals surface area contributed by atoms with Gasteiger partial charge in [0.15, 0.2) is 11.5 Å². The molecule has 45 heavy (non-hydrogen) atoms. The third kappa shape index (κ3) is 7.42. The van der Waals surface area contributed by atoms with Crippen molar-refractivity contribution in [1.82, 2.24) is 5.32 Å². The largest absolute Gasteiger partial charge is 0.504 e. The number of carbonyl (C=O) groups excluding carboxylic acids is 1. The van der Waals surface area contributed by atoms with E-state index in [1.807, 2.05) is 0 Å². The second-order valence-corrected chi connectivity index (χ2v) is 11.6. The van der Waals surface area contributed by atoms with Crippen LogP contribution >= 0.6 is 11.6 Å². The molecule has 0 spiro atoms. The minimum atomic E-state index is -1.48. The first kappa shape index (κ1) is 33.1. The van der Waals surface area contributed by atoms with Crippen molar-refractivity contribution in [3.8, 4) is 17.2 Å². The molecule has 2 heterocycles. The summed E-state index contributed by atoms with van der Waals surface area (Å²) in [6, 6.07) is 7.06. The number of phenols is 1. The summed E-state index contributed by atoms with van der Waals surface area (Å²) in [6.07, 6.45) is -5.06. The van der Waals surface area contributed by atoms with Crippen molar-refractivity contribution >= 4 is 23.6 Å². The zero-order valence-corrected chi connectivity index (χ0v) is 25.1. The van der Waals surface area contributed by atoms with Crippen LogP contribution in [0, 0.1) is 5.82 Å². The molecule has 3 fully saturated rings. The molecule has 1 aliphatic carbocycles. The zero-order chi connectivity index (χ0) is 32.4. The Morgan fingerprint density at radius 3 is 2.47 bits per heavy atom. The first-order valence-electron chi connectivity index (χ1n) is 14.3. The van der Waals surface area contributed by atoms with Crippen LogP contribution in [0.2, 0.25) is 5.02 Å². The highest BCUT2D eigenvalue weighted by Gasteiger charge is 2.53. The SMILES string of the molecule is C/C(=C\c1ccc(O[C@H]2C[C@H](O)[C@@H](/C(C)=C/COc3ccc(F)cc3Cl)O2)c(O)c1)C(=O)N[C@@H]1[C@H](O)[C@@H](O)[C@H]2OCO[C@H]2[C@@H]1O. The number of hydrogen-bond acceptors (Lipinski definition) is 11. The van der Waals surface area contributed by atoms with Crippen LogP contribution in [-0.2, 0) is 19.0 Å². The van der Waals surface area contributed by atoms with Crippen LogP contribution in [0.3, 0.4) is 0 Å². The molecule has 6 N–H and O–H groups in total. The van der Waals surface area contributed by atoms with Crippen molar-refractivity contribution in [3.63, 3.8) is 0 Å². The minimum Gasteiger partial charge on any atom is -0.504 e. The number of rotatable bonds is 9. The molecule has 2 saturated heterocycles. The summed E-state index contributed by atoms with van der Waals surface area (Å²) in [5.41, 5.74) is 1.33. The molecule has 0 unspecified atom stereocenters. The summed E-state index contributed by atoms with van der Waals surface area (Å²) in [7, 11) is 0. The number of aliphatic hydroxyl groups is 4. The molecule has 3 aliphatic rings. The van der Waals surface area contributed by atoms with Crippen LogP contribution in [0.25, 0.3) is 6.08 Å². The number of carbonyl (C=O) groups is 1.